The van der Waals surface area contributed by atoms with Gasteiger partial charge in [-0.1, -0.05) is 43.5 Å². The first kappa shape index (κ1) is 21.8. The fourth-order valence-corrected chi connectivity index (χ4v) is 4.69. The normalized spacial score (nSPS) is 14.7. The molecule has 0 bridgehead atoms. The predicted octanol–water partition coefficient (Wildman–Crippen LogP) is 5.59. The van der Waals surface area contributed by atoms with Gasteiger partial charge in [-0.25, -0.2) is 9.78 Å². The number of carbonyl (C=O) groups is 1. The zero-order valence-corrected chi connectivity index (χ0v) is 18.9. The highest BCUT2D eigenvalue weighted by Crippen LogP contribution is 2.32. The number of hydrogen-bond acceptors (Lipinski definition) is 5. The van der Waals surface area contributed by atoms with Gasteiger partial charge in [0, 0.05) is 11.5 Å². The van der Waals surface area contributed by atoms with Crippen LogP contribution in [0.5, 0.6) is 0 Å². The van der Waals surface area contributed by atoms with Gasteiger partial charge in [0.25, 0.3) is 5.56 Å². The maximum Gasteiger partial charge on any atom is 0.335 e. The molecule has 0 atom stereocenters. The summed E-state index contributed by atoms with van der Waals surface area (Å²) < 4.78 is 7.36. The van der Waals surface area contributed by atoms with E-state index in [0.717, 1.165) is 25.7 Å². The topological polar surface area (TPSA) is 97.7 Å². The Labute approximate surface area is 196 Å². The summed E-state index contributed by atoms with van der Waals surface area (Å²) >= 11 is 0. The molecule has 5 rings (SSSR count). The van der Waals surface area contributed by atoms with Crippen LogP contribution in [0.1, 0.15) is 65.5 Å². The number of aromatic carboxylic acids is 1. The van der Waals surface area contributed by atoms with E-state index in [1.54, 1.807) is 37.3 Å². The standard InChI is InChI=1S/C27H25N3O4/c1-17-20(11-7-12-21(17)27(32)33)24-15-14-19(34-24)16-28-30-25(18-8-3-2-4-9-18)29-23-13-6-5-10-22(23)26(30)31/h5-7,10-16,18H,2-4,8-9H2,1H3,(H,32,33). The summed E-state index contributed by atoms with van der Waals surface area (Å²) in [6.45, 7) is 1.76. The number of aromatic nitrogens is 2. The molecule has 7 nitrogen and oxygen atoms in total. The highest BCUT2D eigenvalue weighted by Gasteiger charge is 2.22. The Hall–Kier alpha value is -4.00. The lowest BCUT2D eigenvalue weighted by Crippen LogP contribution is -2.25. The smallest absolute Gasteiger partial charge is 0.335 e. The Morgan fingerprint density at radius 3 is 2.68 bits per heavy atom. The minimum Gasteiger partial charge on any atom is -0.478 e. The zero-order chi connectivity index (χ0) is 23.7. The van der Waals surface area contributed by atoms with E-state index in [-0.39, 0.29) is 17.0 Å². The number of hydrogen-bond donors (Lipinski definition) is 1. The predicted molar refractivity (Wildman–Crippen MR) is 131 cm³/mol. The second-order valence-electron chi connectivity index (χ2n) is 8.67. The van der Waals surface area contributed by atoms with Crippen molar-refractivity contribution in [2.24, 2.45) is 5.10 Å². The minimum atomic E-state index is -0.980. The molecule has 1 fully saturated rings. The molecule has 7 heteroatoms. The minimum absolute atomic E-state index is 0.191. The Morgan fingerprint density at radius 1 is 1.09 bits per heavy atom. The molecule has 0 unspecified atom stereocenters. The van der Waals surface area contributed by atoms with Crippen LogP contribution < -0.4 is 5.56 Å². The van der Waals surface area contributed by atoms with E-state index < -0.39 is 5.97 Å². The maximum atomic E-state index is 13.3. The average molecular weight is 456 g/mol. The van der Waals surface area contributed by atoms with Gasteiger partial charge < -0.3 is 9.52 Å². The van der Waals surface area contributed by atoms with Gasteiger partial charge in [0.1, 0.15) is 17.3 Å². The van der Waals surface area contributed by atoms with Crippen molar-refractivity contribution in [1.29, 1.82) is 0 Å². The van der Waals surface area contributed by atoms with E-state index >= 15 is 0 Å². The summed E-state index contributed by atoms with van der Waals surface area (Å²) in [5.74, 6) is 0.905. The molecule has 0 aliphatic heterocycles. The first-order valence-electron chi connectivity index (χ1n) is 11.5. The van der Waals surface area contributed by atoms with E-state index in [4.69, 9.17) is 9.40 Å². The molecule has 0 radical (unpaired) electrons. The van der Waals surface area contributed by atoms with Gasteiger partial charge in [-0.2, -0.15) is 9.78 Å². The van der Waals surface area contributed by atoms with Crippen molar-refractivity contribution >= 4 is 23.1 Å². The van der Waals surface area contributed by atoms with E-state index in [2.05, 4.69) is 5.10 Å². The highest BCUT2D eigenvalue weighted by molar-refractivity contribution is 5.91. The van der Waals surface area contributed by atoms with Gasteiger partial charge in [-0.3, -0.25) is 4.79 Å². The largest absolute Gasteiger partial charge is 0.478 e. The Kier molecular flexibility index (Phi) is 5.84. The molecular weight excluding hydrogens is 430 g/mol. The van der Waals surface area contributed by atoms with Crippen molar-refractivity contribution in [3.8, 4) is 11.3 Å². The number of carboxylic acid groups (broad SMARTS) is 1. The number of rotatable bonds is 5. The van der Waals surface area contributed by atoms with Gasteiger partial charge in [0.2, 0.25) is 0 Å². The molecule has 0 amide bonds. The van der Waals surface area contributed by atoms with Gasteiger partial charge >= 0.3 is 5.97 Å². The van der Waals surface area contributed by atoms with Crippen LogP contribution in [-0.2, 0) is 0 Å². The van der Waals surface area contributed by atoms with Gasteiger partial charge in [0.05, 0.1) is 22.7 Å². The third kappa shape index (κ3) is 4.05. The lowest BCUT2D eigenvalue weighted by atomic mass is 9.88. The summed E-state index contributed by atoms with van der Waals surface area (Å²) in [5.41, 5.74) is 2.05. The van der Waals surface area contributed by atoms with Crippen LogP contribution in [0.4, 0.5) is 0 Å². The van der Waals surface area contributed by atoms with Crippen LogP contribution in [0.3, 0.4) is 0 Å². The fraction of sp³-hybridized carbons (Fsp3) is 0.259. The summed E-state index contributed by atoms with van der Waals surface area (Å²) in [4.78, 5) is 29.6. The summed E-state index contributed by atoms with van der Waals surface area (Å²) in [7, 11) is 0. The molecule has 1 aliphatic rings. The van der Waals surface area contributed by atoms with Crippen LogP contribution in [-0.4, -0.2) is 27.0 Å². The van der Waals surface area contributed by atoms with Crippen molar-refractivity contribution in [3.05, 3.63) is 87.7 Å². The van der Waals surface area contributed by atoms with Crippen molar-refractivity contribution in [3.63, 3.8) is 0 Å². The number of carboxylic acids is 1. The van der Waals surface area contributed by atoms with Crippen LogP contribution in [0.25, 0.3) is 22.2 Å². The number of para-hydroxylation sites is 1. The van der Waals surface area contributed by atoms with Crippen molar-refractivity contribution in [2.75, 3.05) is 0 Å². The molecule has 2 aromatic carbocycles. The molecule has 172 valence electrons. The van der Waals surface area contributed by atoms with Gasteiger partial charge in [-0.15, -0.1) is 0 Å². The third-order valence-electron chi connectivity index (χ3n) is 6.51. The van der Waals surface area contributed by atoms with Gasteiger partial charge in [0.15, 0.2) is 0 Å². The van der Waals surface area contributed by atoms with E-state index in [9.17, 15) is 14.7 Å². The van der Waals surface area contributed by atoms with Crippen molar-refractivity contribution in [2.45, 2.75) is 44.9 Å². The number of fused-ring (bicyclic) bond motifs is 1. The lowest BCUT2D eigenvalue weighted by Gasteiger charge is -2.22. The van der Waals surface area contributed by atoms with E-state index in [0.29, 0.717) is 39.4 Å². The van der Waals surface area contributed by atoms with Crippen LogP contribution in [0.2, 0.25) is 0 Å². The molecule has 1 N–H and O–H groups in total. The van der Waals surface area contributed by atoms with E-state index in [1.807, 2.05) is 24.3 Å². The number of nitrogens with zero attached hydrogens (tertiary/aromatic N) is 3. The van der Waals surface area contributed by atoms with Crippen molar-refractivity contribution in [1.82, 2.24) is 9.66 Å². The maximum absolute atomic E-state index is 13.3. The van der Waals surface area contributed by atoms with Crippen LogP contribution in [0.15, 0.2) is 68.9 Å². The molecule has 4 aromatic rings. The quantitative estimate of drug-likeness (QED) is 0.396. The van der Waals surface area contributed by atoms with Crippen LogP contribution in [0, 0.1) is 6.92 Å². The number of furan rings is 1. The Balaban J connectivity index is 1.54. The molecule has 2 aromatic heterocycles. The average Bonchev–Trinajstić information content (AvgIpc) is 3.32. The van der Waals surface area contributed by atoms with Crippen molar-refractivity contribution < 1.29 is 14.3 Å². The molecule has 2 heterocycles. The number of benzene rings is 2. The Bertz CT molecular complexity index is 1460. The second-order valence-corrected chi connectivity index (χ2v) is 8.67. The summed E-state index contributed by atoms with van der Waals surface area (Å²) in [5, 5.41) is 14.4. The summed E-state index contributed by atoms with van der Waals surface area (Å²) in [6.07, 6.45) is 6.94. The van der Waals surface area contributed by atoms with E-state index in [1.165, 1.54) is 17.3 Å². The highest BCUT2D eigenvalue weighted by atomic mass is 16.4. The van der Waals surface area contributed by atoms with Crippen LogP contribution >= 0.6 is 0 Å². The molecule has 34 heavy (non-hydrogen) atoms. The summed E-state index contributed by atoms with van der Waals surface area (Å²) in [6, 6.07) is 16.0. The fourth-order valence-electron chi connectivity index (χ4n) is 4.69. The molecular formula is C27H25N3O4. The SMILES string of the molecule is Cc1c(C(=O)O)cccc1-c1ccc(C=Nn2c(C3CCCCC3)nc3ccccc3c2=O)o1. The molecule has 0 saturated heterocycles. The van der Waals surface area contributed by atoms with Gasteiger partial charge in [-0.05, 0) is 55.7 Å². The third-order valence-corrected chi connectivity index (χ3v) is 6.51. The first-order valence-corrected chi connectivity index (χ1v) is 11.5. The second kappa shape index (κ2) is 9.09. The zero-order valence-electron chi connectivity index (χ0n) is 18.9. The Morgan fingerprint density at radius 2 is 1.88 bits per heavy atom. The monoisotopic (exact) mass is 455 g/mol. The molecule has 1 aliphatic carbocycles. The lowest BCUT2D eigenvalue weighted by molar-refractivity contribution is 0.0696. The molecule has 1 saturated carbocycles. The first-order chi connectivity index (χ1) is 16.5. The molecule has 0 spiro atoms.